The highest BCUT2D eigenvalue weighted by atomic mass is 35.5. The number of aromatic nitrogens is 3. The highest BCUT2D eigenvalue weighted by Crippen LogP contribution is 2.22. The highest BCUT2D eigenvalue weighted by molar-refractivity contribution is 6.30. The van der Waals surface area contributed by atoms with Gasteiger partial charge in [-0.25, -0.2) is 0 Å². The molecule has 1 aliphatic rings. The number of amides is 1. The van der Waals surface area contributed by atoms with E-state index in [1.165, 1.54) is 38.8 Å². The fourth-order valence-electron chi connectivity index (χ4n) is 3.82. The van der Waals surface area contributed by atoms with Gasteiger partial charge in [0, 0.05) is 28.9 Å². The van der Waals surface area contributed by atoms with E-state index < -0.39 is 0 Å². The number of carbonyl (C=O) groups is 1. The lowest BCUT2D eigenvalue weighted by Crippen LogP contribution is -2.30. The van der Waals surface area contributed by atoms with Gasteiger partial charge in [0.2, 0.25) is 0 Å². The molecule has 3 heterocycles. The van der Waals surface area contributed by atoms with Gasteiger partial charge in [-0.2, -0.15) is 0 Å². The van der Waals surface area contributed by atoms with Crippen molar-refractivity contribution in [3.63, 3.8) is 0 Å². The third-order valence-electron chi connectivity index (χ3n) is 5.39. The van der Waals surface area contributed by atoms with E-state index in [1.807, 2.05) is 34.9 Å². The first-order valence-electron chi connectivity index (χ1n) is 10.3. The van der Waals surface area contributed by atoms with Gasteiger partial charge in [0.15, 0.2) is 11.5 Å². The lowest BCUT2D eigenvalue weighted by molar-refractivity contribution is 0.0951. The summed E-state index contributed by atoms with van der Waals surface area (Å²) in [6, 6.07) is 11.1. The maximum atomic E-state index is 12.5. The van der Waals surface area contributed by atoms with E-state index in [0.717, 1.165) is 18.5 Å². The van der Waals surface area contributed by atoms with Crippen molar-refractivity contribution < 1.29 is 4.79 Å². The maximum Gasteiger partial charge on any atom is 0.251 e. The molecule has 0 radical (unpaired) electrons. The number of hydrogen-bond acceptors (Lipinski definition) is 4. The summed E-state index contributed by atoms with van der Waals surface area (Å²) in [6.07, 6.45) is 8.08. The van der Waals surface area contributed by atoms with E-state index in [4.69, 9.17) is 11.6 Å². The number of likely N-dealkylation sites (tertiary alicyclic amines) is 1. The minimum Gasteiger partial charge on any atom is -0.352 e. The van der Waals surface area contributed by atoms with Crippen LogP contribution in [0.1, 0.15) is 42.5 Å². The molecular formula is C22H26ClN5O. The fourth-order valence-corrected chi connectivity index (χ4v) is 4.01. The van der Waals surface area contributed by atoms with Gasteiger partial charge in [0.05, 0.1) is 0 Å². The van der Waals surface area contributed by atoms with Crippen LogP contribution in [0.15, 0.2) is 42.6 Å². The number of rotatable bonds is 6. The zero-order valence-electron chi connectivity index (χ0n) is 16.5. The molecule has 4 rings (SSSR count). The van der Waals surface area contributed by atoms with Crippen LogP contribution in [0.2, 0.25) is 5.02 Å². The summed E-state index contributed by atoms with van der Waals surface area (Å²) >= 11 is 6.08. The molecule has 1 aromatic carbocycles. The van der Waals surface area contributed by atoms with E-state index in [2.05, 4.69) is 20.4 Å². The van der Waals surface area contributed by atoms with Crippen molar-refractivity contribution in [3.8, 4) is 11.4 Å². The first-order valence-corrected chi connectivity index (χ1v) is 10.7. The molecule has 1 amide bonds. The standard InChI is InChI=1S/C22H26ClN5O/c23-19-8-5-7-17(15-19)21-26-25-20-16-18(9-14-28(20)21)22(29)24-10-6-13-27-11-3-1-2-4-12-27/h5,7-9,14-16H,1-4,6,10-13H2,(H,24,29). The van der Waals surface area contributed by atoms with Crippen LogP contribution in [0.5, 0.6) is 0 Å². The fraction of sp³-hybridized carbons (Fsp3) is 0.409. The van der Waals surface area contributed by atoms with Gasteiger partial charge in [-0.1, -0.05) is 36.6 Å². The summed E-state index contributed by atoms with van der Waals surface area (Å²) in [5, 5.41) is 12.1. The highest BCUT2D eigenvalue weighted by Gasteiger charge is 2.12. The molecule has 1 fully saturated rings. The molecule has 29 heavy (non-hydrogen) atoms. The van der Waals surface area contributed by atoms with Crippen LogP contribution in [0.3, 0.4) is 0 Å². The van der Waals surface area contributed by atoms with E-state index >= 15 is 0 Å². The van der Waals surface area contributed by atoms with Crippen LogP contribution >= 0.6 is 11.6 Å². The van der Waals surface area contributed by atoms with Crippen molar-refractivity contribution in [2.45, 2.75) is 32.1 Å². The summed E-state index contributed by atoms with van der Waals surface area (Å²) in [5.74, 6) is 0.627. The van der Waals surface area contributed by atoms with Gasteiger partial charge in [-0.05, 0) is 63.2 Å². The van der Waals surface area contributed by atoms with Crippen molar-refractivity contribution in [2.24, 2.45) is 0 Å². The van der Waals surface area contributed by atoms with E-state index in [9.17, 15) is 4.79 Å². The van der Waals surface area contributed by atoms with Gasteiger partial charge in [0.1, 0.15) is 0 Å². The Morgan fingerprint density at radius 1 is 1.07 bits per heavy atom. The SMILES string of the molecule is O=C(NCCCN1CCCCCC1)c1ccn2c(-c3cccc(Cl)c3)nnc2c1. The monoisotopic (exact) mass is 411 g/mol. The zero-order chi connectivity index (χ0) is 20.1. The van der Waals surface area contributed by atoms with Gasteiger partial charge in [0.25, 0.3) is 5.91 Å². The van der Waals surface area contributed by atoms with Crippen molar-refractivity contribution in [2.75, 3.05) is 26.2 Å². The molecular weight excluding hydrogens is 386 g/mol. The molecule has 1 N–H and O–H groups in total. The average Bonchev–Trinajstić information content (AvgIpc) is 2.98. The number of halogens is 1. The summed E-state index contributed by atoms with van der Waals surface area (Å²) in [7, 11) is 0. The van der Waals surface area contributed by atoms with Gasteiger partial charge in [-0.15, -0.1) is 10.2 Å². The van der Waals surface area contributed by atoms with Gasteiger partial charge < -0.3 is 10.2 Å². The largest absolute Gasteiger partial charge is 0.352 e. The zero-order valence-corrected chi connectivity index (χ0v) is 17.2. The second-order valence-corrected chi connectivity index (χ2v) is 7.98. The molecule has 0 aliphatic carbocycles. The number of fused-ring (bicyclic) bond motifs is 1. The number of nitrogens with one attached hydrogen (secondary N) is 1. The molecule has 0 atom stereocenters. The van der Waals surface area contributed by atoms with Crippen LogP contribution in [0.25, 0.3) is 17.0 Å². The van der Waals surface area contributed by atoms with Crippen LogP contribution < -0.4 is 5.32 Å². The molecule has 7 heteroatoms. The predicted octanol–water partition coefficient (Wildman–Crippen LogP) is 4.05. The number of hydrogen-bond donors (Lipinski definition) is 1. The Morgan fingerprint density at radius 3 is 2.69 bits per heavy atom. The molecule has 152 valence electrons. The lowest BCUT2D eigenvalue weighted by atomic mass is 10.2. The topological polar surface area (TPSA) is 62.5 Å². The summed E-state index contributed by atoms with van der Waals surface area (Å²) < 4.78 is 1.86. The van der Waals surface area contributed by atoms with E-state index in [1.54, 1.807) is 12.1 Å². The van der Waals surface area contributed by atoms with Gasteiger partial charge in [-0.3, -0.25) is 9.20 Å². The molecule has 3 aromatic rings. The third-order valence-corrected chi connectivity index (χ3v) is 5.63. The summed E-state index contributed by atoms with van der Waals surface area (Å²) in [5.41, 5.74) is 2.12. The first kappa shape index (κ1) is 19.9. The molecule has 0 spiro atoms. The molecule has 0 bridgehead atoms. The molecule has 2 aromatic heterocycles. The first-order chi connectivity index (χ1) is 14.2. The maximum absolute atomic E-state index is 12.5. The molecule has 1 saturated heterocycles. The number of benzene rings is 1. The molecule has 0 saturated carbocycles. The van der Waals surface area contributed by atoms with Crippen molar-refractivity contribution in [1.82, 2.24) is 24.8 Å². The minimum absolute atomic E-state index is 0.0735. The van der Waals surface area contributed by atoms with Crippen LogP contribution in [0.4, 0.5) is 0 Å². The second kappa shape index (κ2) is 9.37. The van der Waals surface area contributed by atoms with Crippen LogP contribution in [-0.2, 0) is 0 Å². The third kappa shape index (κ3) is 4.95. The second-order valence-electron chi connectivity index (χ2n) is 7.54. The lowest BCUT2D eigenvalue weighted by Gasteiger charge is -2.19. The minimum atomic E-state index is -0.0735. The Kier molecular flexibility index (Phi) is 6.42. The average molecular weight is 412 g/mol. The van der Waals surface area contributed by atoms with Crippen molar-refractivity contribution >= 4 is 23.2 Å². The van der Waals surface area contributed by atoms with Crippen LogP contribution in [0, 0.1) is 0 Å². The smallest absolute Gasteiger partial charge is 0.251 e. The molecule has 1 aliphatic heterocycles. The number of nitrogens with zero attached hydrogens (tertiary/aromatic N) is 4. The van der Waals surface area contributed by atoms with Gasteiger partial charge >= 0.3 is 0 Å². The van der Waals surface area contributed by atoms with Crippen LogP contribution in [-0.4, -0.2) is 51.6 Å². The molecule has 6 nitrogen and oxygen atoms in total. The number of carbonyl (C=O) groups excluding carboxylic acids is 1. The summed E-state index contributed by atoms with van der Waals surface area (Å²) in [6.45, 7) is 4.10. The Labute approximate surface area is 175 Å². The Bertz CT molecular complexity index is 978. The number of pyridine rings is 1. The van der Waals surface area contributed by atoms with Crippen molar-refractivity contribution in [3.05, 3.63) is 53.2 Å². The normalized spacial score (nSPS) is 15.3. The Balaban J connectivity index is 1.36. The van der Waals surface area contributed by atoms with Crippen molar-refractivity contribution in [1.29, 1.82) is 0 Å². The Morgan fingerprint density at radius 2 is 1.90 bits per heavy atom. The predicted molar refractivity (Wildman–Crippen MR) is 115 cm³/mol. The quantitative estimate of drug-likeness (QED) is 0.621. The molecule has 0 unspecified atom stereocenters. The Hall–Kier alpha value is -2.44. The summed E-state index contributed by atoms with van der Waals surface area (Å²) in [4.78, 5) is 15.0. The van der Waals surface area contributed by atoms with E-state index in [0.29, 0.717) is 28.6 Å². The van der Waals surface area contributed by atoms with E-state index in [-0.39, 0.29) is 5.91 Å².